The minimum absolute atomic E-state index is 0.145. The molecule has 0 saturated carbocycles. The Labute approximate surface area is 168 Å². The van der Waals surface area contributed by atoms with Gasteiger partial charge in [0.05, 0.1) is 17.4 Å². The molecule has 3 fully saturated rings. The second kappa shape index (κ2) is 6.78. The largest absolute Gasteiger partial charge is 0.421 e. The van der Waals surface area contributed by atoms with Gasteiger partial charge in [0, 0.05) is 31.2 Å². The van der Waals surface area contributed by atoms with Crippen LogP contribution in [0.2, 0.25) is 0 Å². The SMILES string of the molecule is O=C1OC2(CCC3CN2CC3c2nsnc2SCc2ccc(F)cc2)OC1=O. The number of benzene rings is 1. The van der Waals surface area contributed by atoms with Crippen molar-refractivity contribution in [2.45, 2.75) is 35.4 Å². The number of carbonyl (C=O) groups excluding carboxylic acids is 2. The zero-order valence-electron chi connectivity index (χ0n) is 14.7. The van der Waals surface area contributed by atoms with Crippen molar-refractivity contribution < 1.29 is 23.5 Å². The van der Waals surface area contributed by atoms with E-state index in [9.17, 15) is 14.0 Å². The molecule has 3 aliphatic heterocycles. The summed E-state index contributed by atoms with van der Waals surface area (Å²) < 4.78 is 32.6. The van der Waals surface area contributed by atoms with Crippen LogP contribution in [-0.2, 0) is 24.8 Å². The number of ether oxygens (including phenoxy) is 2. The number of aromatic nitrogens is 2. The lowest BCUT2D eigenvalue weighted by Gasteiger charge is -2.37. The number of fused-ring (bicyclic) bond motifs is 3. The van der Waals surface area contributed by atoms with Crippen LogP contribution in [0.25, 0.3) is 0 Å². The molecule has 146 valence electrons. The van der Waals surface area contributed by atoms with Crippen molar-refractivity contribution in [2.75, 3.05) is 13.1 Å². The van der Waals surface area contributed by atoms with E-state index in [0.717, 1.165) is 22.7 Å². The van der Waals surface area contributed by atoms with Gasteiger partial charge in [0.2, 0.25) is 0 Å². The van der Waals surface area contributed by atoms with Crippen LogP contribution in [0.4, 0.5) is 4.39 Å². The molecule has 0 N–H and O–H groups in total. The lowest BCUT2D eigenvalue weighted by molar-refractivity contribution is -0.257. The molecule has 28 heavy (non-hydrogen) atoms. The first-order valence-corrected chi connectivity index (χ1v) is 10.7. The summed E-state index contributed by atoms with van der Waals surface area (Å²) in [6, 6.07) is 6.44. The maximum absolute atomic E-state index is 13.1. The smallest absolute Gasteiger partial charge is 0.400 e. The van der Waals surface area contributed by atoms with Crippen molar-refractivity contribution in [2.24, 2.45) is 5.92 Å². The third-order valence-corrected chi connectivity index (χ3v) is 7.26. The van der Waals surface area contributed by atoms with Gasteiger partial charge in [-0.2, -0.15) is 8.75 Å². The molecule has 3 saturated heterocycles. The van der Waals surface area contributed by atoms with Crippen LogP contribution in [0.1, 0.15) is 30.0 Å². The molecule has 4 heterocycles. The van der Waals surface area contributed by atoms with Crippen LogP contribution in [0.3, 0.4) is 0 Å². The van der Waals surface area contributed by atoms with Crippen LogP contribution in [-0.4, -0.2) is 44.6 Å². The predicted molar refractivity (Wildman–Crippen MR) is 97.8 cm³/mol. The van der Waals surface area contributed by atoms with E-state index in [1.807, 2.05) is 4.90 Å². The minimum atomic E-state index is -1.25. The number of hydrogen-bond donors (Lipinski definition) is 0. The molecule has 2 bridgehead atoms. The molecule has 5 rings (SSSR count). The summed E-state index contributed by atoms with van der Waals surface area (Å²) in [6.07, 6.45) is 1.25. The highest BCUT2D eigenvalue weighted by Crippen LogP contribution is 2.48. The normalized spacial score (nSPS) is 27.8. The molecule has 1 aromatic carbocycles. The number of halogens is 1. The van der Waals surface area contributed by atoms with Crippen LogP contribution >= 0.6 is 23.5 Å². The number of piperidine rings is 1. The first kappa shape index (κ1) is 18.0. The molecular weight excluding hydrogens is 405 g/mol. The van der Waals surface area contributed by atoms with Crippen molar-refractivity contribution in [1.29, 1.82) is 0 Å². The zero-order valence-corrected chi connectivity index (χ0v) is 16.3. The summed E-state index contributed by atoms with van der Waals surface area (Å²) in [6.45, 7) is 1.28. The number of carbonyl (C=O) groups is 2. The maximum Gasteiger partial charge on any atom is 0.421 e. The second-order valence-corrected chi connectivity index (χ2v) is 8.66. The summed E-state index contributed by atoms with van der Waals surface area (Å²) >= 11 is 2.76. The first-order chi connectivity index (χ1) is 13.5. The monoisotopic (exact) mass is 421 g/mol. The molecule has 1 aromatic heterocycles. The molecular formula is C18H16FN3O4S2. The summed E-state index contributed by atoms with van der Waals surface area (Å²) in [4.78, 5) is 25.0. The minimum Gasteiger partial charge on any atom is -0.400 e. The Morgan fingerprint density at radius 3 is 2.68 bits per heavy atom. The van der Waals surface area contributed by atoms with Crippen molar-refractivity contribution in [3.63, 3.8) is 0 Å². The molecule has 3 unspecified atom stereocenters. The van der Waals surface area contributed by atoms with Crippen LogP contribution in [0.5, 0.6) is 0 Å². The van der Waals surface area contributed by atoms with Crippen LogP contribution < -0.4 is 0 Å². The van der Waals surface area contributed by atoms with E-state index in [1.54, 1.807) is 23.9 Å². The predicted octanol–water partition coefficient (Wildman–Crippen LogP) is 2.53. The number of hydrogen-bond acceptors (Lipinski definition) is 9. The van der Waals surface area contributed by atoms with Gasteiger partial charge in [-0.05, 0) is 30.0 Å². The lowest BCUT2D eigenvalue weighted by atomic mass is 9.88. The highest BCUT2D eigenvalue weighted by atomic mass is 32.2. The molecule has 0 amide bonds. The zero-order chi connectivity index (χ0) is 19.3. The first-order valence-electron chi connectivity index (χ1n) is 8.95. The number of thioether (sulfide) groups is 1. The third-order valence-electron chi connectivity index (χ3n) is 5.55. The Bertz CT molecular complexity index is 919. The molecule has 0 radical (unpaired) electrons. The Balaban J connectivity index is 1.32. The molecule has 3 atom stereocenters. The van der Waals surface area contributed by atoms with Gasteiger partial charge in [-0.1, -0.05) is 23.9 Å². The third kappa shape index (κ3) is 2.99. The highest BCUT2D eigenvalue weighted by Gasteiger charge is 2.59. The summed E-state index contributed by atoms with van der Waals surface area (Å²) in [5.74, 6) is -2.17. The fourth-order valence-electron chi connectivity index (χ4n) is 4.15. The molecule has 2 aromatic rings. The lowest BCUT2D eigenvalue weighted by Crippen LogP contribution is -2.51. The quantitative estimate of drug-likeness (QED) is 0.423. The van der Waals surface area contributed by atoms with E-state index < -0.39 is 17.8 Å². The van der Waals surface area contributed by atoms with Crippen molar-refractivity contribution in [3.05, 3.63) is 41.3 Å². The van der Waals surface area contributed by atoms with Gasteiger partial charge in [-0.15, -0.1) is 0 Å². The van der Waals surface area contributed by atoms with Gasteiger partial charge in [0.1, 0.15) is 10.8 Å². The van der Waals surface area contributed by atoms with E-state index in [-0.39, 0.29) is 11.7 Å². The van der Waals surface area contributed by atoms with Crippen LogP contribution in [0, 0.1) is 11.7 Å². The Hall–Kier alpha value is -2.04. The van der Waals surface area contributed by atoms with Gasteiger partial charge in [0.25, 0.3) is 0 Å². The number of nitrogens with zero attached hydrogens (tertiary/aromatic N) is 3. The fourth-order valence-corrected chi connectivity index (χ4v) is 5.88. The van der Waals surface area contributed by atoms with Crippen molar-refractivity contribution >= 4 is 35.4 Å². The molecule has 7 nitrogen and oxygen atoms in total. The van der Waals surface area contributed by atoms with E-state index in [4.69, 9.17) is 9.47 Å². The topological polar surface area (TPSA) is 81.6 Å². The Morgan fingerprint density at radius 1 is 1.18 bits per heavy atom. The molecule has 1 spiro atoms. The molecule has 0 aliphatic carbocycles. The standard InChI is InChI=1S/C18H16FN3O4S2/c19-12-3-1-10(2-4-12)9-27-15-14(20-28-21-15)13-8-22-7-11(13)5-6-18(22)25-16(23)17(24)26-18/h1-4,11,13H,5-9H2. The summed E-state index contributed by atoms with van der Waals surface area (Å²) in [5, 5.41) is 0.877. The fraction of sp³-hybridized carbons (Fsp3) is 0.444. The van der Waals surface area contributed by atoms with E-state index >= 15 is 0 Å². The van der Waals surface area contributed by atoms with Gasteiger partial charge < -0.3 is 9.47 Å². The highest BCUT2D eigenvalue weighted by molar-refractivity contribution is 7.98. The van der Waals surface area contributed by atoms with Crippen LogP contribution in [0.15, 0.2) is 29.3 Å². The van der Waals surface area contributed by atoms with Gasteiger partial charge in [-0.25, -0.2) is 18.9 Å². The van der Waals surface area contributed by atoms with E-state index in [0.29, 0.717) is 31.2 Å². The molecule has 3 aliphatic rings. The summed E-state index contributed by atoms with van der Waals surface area (Å²) in [5.41, 5.74) is 1.96. The van der Waals surface area contributed by atoms with Gasteiger partial charge in [0.15, 0.2) is 0 Å². The summed E-state index contributed by atoms with van der Waals surface area (Å²) in [7, 11) is 0. The molecule has 10 heteroatoms. The Kier molecular flexibility index (Phi) is 4.37. The van der Waals surface area contributed by atoms with Gasteiger partial charge in [-0.3, -0.25) is 0 Å². The van der Waals surface area contributed by atoms with Crippen molar-refractivity contribution in [3.8, 4) is 0 Å². The second-order valence-electron chi connectivity index (χ2n) is 7.17. The number of rotatable bonds is 4. The van der Waals surface area contributed by atoms with E-state index in [2.05, 4.69) is 8.75 Å². The maximum atomic E-state index is 13.1. The Morgan fingerprint density at radius 2 is 1.93 bits per heavy atom. The van der Waals surface area contributed by atoms with Crippen molar-refractivity contribution in [1.82, 2.24) is 13.6 Å². The average molecular weight is 421 g/mol. The van der Waals surface area contributed by atoms with Gasteiger partial charge >= 0.3 is 17.8 Å². The average Bonchev–Trinajstić information content (AvgIpc) is 3.36. The number of esters is 2. The van der Waals surface area contributed by atoms with E-state index in [1.165, 1.54) is 23.9 Å².